The van der Waals surface area contributed by atoms with Crippen LogP contribution >= 0.6 is 11.6 Å². The Balaban J connectivity index is 1.31. The van der Waals surface area contributed by atoms with Gasteiger partial charge in [0.2, 0.25) is 6.79 Å². The minimum absolute atomic E-state index is 0.0823. The molecule has 148 valence electrons. The molecule has 1 amide bonds. The zero-order valence-corrected chi connectivity index (χ0v) is 16.6. The van der Waals surface area contributed by atoms with E-state index in [1.807, 2.05) is 12.1 Å². The molecule has 2 aliphatic rings. The number of hydrogen-bond acceptors (Lipinski definition) is 5. The molecule has 2 aliphatic heterocycles. The molecule has 0 saturated carbocycles. The molecule has 2 aromatic rings. The summed E-state index contributed by atoms with van der Waals surface area (Å²) in [5.74, 6) is 1.55. The summed E-state index contributed by atoms with van der Waals surface area (Å²) in [7, 11) is 1.80. The maximum Gasteiger partial charge on any atom is 0.253 e. The van der Waals surface area contributed by atoms with Crippen molar-refractivity contribution in [1.82, 2.24) is 10.2 Å². The predicted octanol–water partition coefficient (Wildman–Crippen LogP) is 3.50. The molecule has 2 N–H and O–H groups in total. The average Bonchev–Trinajstić information content (AvgIpc) is 3.17. The lowest BCUT2D eigenvalue weighted by molar-refractivity contribution is 0.0909. The van der Waals surface area contributed by atoms with Gasteiger partial charge in [-0.15, -0.1) is 0 Å². The Morgan fingerprint density at radius 2 is 1.93 bits per heavy atom. The second kappa shape index (κ2) is 8.29. The summed E-state index contributed by atoms with van der Waals surface area (Å²) in [5, 5.41) is 6.76. The molecule has 0 aliphatic carbocycles. The number of hydrogen-bond donors (Lipinski definition) is 2. The van der Waals surface area contributed by atoms with E-state index in [4.69, 9.17) is 21.1 Å². The molecular formula is C21H24ClN3O3. The lowest BCUT2D eigenvalue weighted by Crippen LogP contribution is -2.44. The number of benzene rings is 2. The van der Waals surface area contributed by atoms with E-state index in [9.17, 15) is 4.79 Å². The van der Waals surface area contributed by atoms with Crippen molar-refractivity contribution in [2.75, 3.05) is 32.2 Å². The van der Waals surface area contributed by atoms with Crippen LogP contribution in [0.3, 0.4) is 0 Å². The van der Waals surface area contributed by atoms with E-state index in [1.165, 1.54) is 5.56 Å². The first-order valence-electron chi connectivity index (χ1n) is 9.51. The molecule has 28 heavy (non-hydrogen) atoms. The number of halogens is 1. The Morgan fingerprint density at radius 3 is 2.71 bits per heavy atom. The number of fused-ring (bicyclic) bond motifs is 1. The fourth-order valence-corrected chi connectivity index (χ4v) is 3.89. The van der Waals surface area contributed by atoms with E-state index >= 15 is 0 Å². The highest BCUT2D eigenvalue weighted by molar-refractivity contribution is 6.31. The number of anilines is 1. The molecule has 0 aromatic heterocycles. The number of piperidine rings is 1. The summed E-state index contributed by atoms with van der Waals surface area (Å²) in [6.45, 7) is 3.04. The van der Waals surface area contributed by atoms with Crippen LogP contribution in [0.2, 0.25) is 5.02 Å². The Labute approximate surface area is 169 Å². The van der Waals surface area contributed by atoms with Crippen LogP contribution in [0.25, 0.3) is 0 Å². The summed E-state index contributed by atoms with van der Waals surface area (Å²) in [4.78, 5) is 15.1. The summed E-state index contributed by atoms with van der Waals surface area (Å²) in [6, 6.07) is 11.6. The smallest absolute Gasteiger partial charge is 0.253 e. The molecular weight excluding hydrogens is 378 g/mol. The molecule has 7 heteroatoms. The standard InChI is InChI=1S/C21H24ClN3O3/c1-23-18-4-3-15(22)11-17(18)21(26)24-16-6-8-25(9-7-16)12-14-2-5-19-20(10-14)28-13-27-19/h2-5,10-11,16,23H,6-9,12-13H2,1H3,(H,24,26). The van der Waals surface area contributed by atoms with Crippen LogP contribution in [0.15, 0.2) is 36.4 Å². The fourth-order valence-electron chi connectivity index (χ4n) is 3.72. The Bertz CT molecular complexity index is 866. The Hall–Kier alpha value is -2.44. The molecule has 1 fully saturated rings. The van der Waals surface area contributed by atoms with E-state index in [0.29, 0.717) is 17.4 Å². The zero-order valence-electron chi connectivity index (χ0n) is 15.8. The van der Waals surface area contributed by atoms with Gasteiger partial charge in [0.1, 0.15) is 0 Å². The van der Waals surface area contributed by atoms with Crippen LogP contribution in [0.1, 0.15) is 28.8 Å². The Morgan fingerprint density at radius 1 is 1.14 bits per heavy atom. The third-order valence-corrected chi connectivity index (χ3v) is 5.50. The quantitative estimate of drug-likeness (QED) is 0.802. The normalized spacial score (nSPS) is 16.8. The lowest BCUT2D eigenvalue weighted by Gasteiger charge is -2.32. The third-order valence-electron chi connectivity index (χ3n) is 5.26. The van der Waals surface area contributed by atoms with Crippen LogP contribution in [0.4, 0.5) is 5.69 Å². The second-order valence-corrected chi connectivity index (χ2v) is 7.59. The van der Waals surface area contributed by atoms with E-state index < -0.39 is 0 Å². The van der Waals surface area contributed by atoms with Gasteiger partial charge in [-0.2, -0.15) is 0 Å². The van der Waals surface area contributed by atoms with Gasteiger partial charge in [0, 0.05) is 43.4 Å². The van der Waals surface area contributed by atoms with Gasteiger partial charge in [-0.05, 0) is 48.7 Å². The van der Waals surface area contributed by atoms with E-state index in [2.05, 4.69) is 27.7 Å². The zero-order chi connectivity index (χ0) is 19.5. The highest BCUT2D eigenvalue weighted by Crippen LogP contribution is 2.33. The van der Waals surface area contributed by atoms with Gasteiger partial charge in [-0.1, -0.05) is 17.7 Å². The van der Waals surface area contributed by atoms with Crippen LogP contribution < -0.4 is 20.1 Å². The molecule has 0 bridgehead atoms. The number of amides is 1. The molecule has 4 rings (SSSR count). The number of likely N-dealkylation sites (tertiary alicyclic amines) is 1. The summed E-state index contributed by atoms with van der Waals surface area (Å²) < 4.78 is 10.8. The molecule has 6 nitrogen and oxygen atoms in total. The van der Waals surface area contributed by atoms with Crippen LogP contribution in [0, 0.1) is 0 Å². The predicted molar refractivity (Wildman–Crippen MR) is 109 cm³/mol. The molecule has 0 unspecified atom stereocenters. The number of nitrogens with one attached hydrogen (secondary N) is 2. The number of carbonyl (C=O) groups is 1. The van der Waals surface area contributed by atoms with Gasteiger partial charge in [0.25, 0.3) is 5.91 Å². The fraction of sp³-hybridized carbons (Fsp3) is 0.381. The van der Waals surface area contributed by atoms with Gasteiger partial charge in [0.15, 0.2) is 11.5 Å². The van der Waals surface area contributed by atoms with Crippen molar-refractivity contribution in [3.05, 3.63) is 52.5 Å². The largest absolute Gasteiger partial charge is 0.454 e. The van der Waals surface area contributed by atoms with Crippen LogP contribution in [-0.2, 0) is 6.54 Å². The van der Waals surface area contributed by atoms with Gasteiger partial charge in [-0.25, -0.2) is 0 Å². The minimum Gasteiger partial charge on any atom is -0.454 e. The minimum atomic E-state index is -0.0823. The first-order chi connectivity index (χ1) is 13.6. The molecule has 2 aromatic carbocycles. The van der Waals surface area contributed by atoms with Crippen LogP contribution in [0.5, 0.6) is 11.5 Å². The maximum absolute atomic E-state index is 12.7. The van der Waals surface area contributed by atoms with E-state index in [0.717, 1.165) is 49.7 Å². The SMILES string of the molecule is CNc1ccc(Cl)cc1C(=O)NC1CCN(Cc2ccc3c(c2)OCO3)CC1. The van der Waals surface area contributed by atoms with Crippen molar-refractivity contribution in [3.8, 4) is 11.5 Å². The van der Waals surface area contributed by atoms with Gasteiger partial charge >= 0.3 is 0 Å². The first-order valence-corrected chi connectivity index (χ1v) is 9.89. The van der Waals surface area contributed by atoms with Gasteiger partial charge in [0.05, 0.1) is 5.56 Å². The summed E-state index contributed by atoms with van der Waals surface area (Å²) in [5.41, 5.74) is 2.57. The summed E-state index contributed by atoms with van der Waals surface area (Å²) >= 11 is 6.06. The van der Waals surface area contributed by atoms with Crippen molar-refractivity contribution in [3.63, 3.8) is 0 Å². The first kappa shape index (κ1) is 18.9. The van der Waals surface area contributed by atoms with E-state index in [1.54, 1.807) is 19.2 Å². The number of rotatable bonds is 5. The maximum atomic E-state index is 12.7. The number of nitrogens with zero attached hydrogens (tertiary/aromatic N) is 1. The molecule has 2 heterocycles. The monoisotopic (exact) mass is 401 g/mol. The van der Waals surface area contributed by atoms with Crippen molar-refractivity contribution >= 4 is 23.2 Å². The Kier molecular flexibility index (Phi) is 5.59. The summed E-state index contributed by atoms with van der Waals surface area (Å²) in [6.07, 6.45) is 1.84. The van der Waals surface area contributed by atoms with E-state index in [-0.39, 0.29) is 11.9 Å². The topological polar surface area (TPSA) is 62.8 Å². The lowest BCUT2D eigenvalue weighted by atomic mass is 10.0. The van der Waals surface area contributed by atoms with Gasteiger partial charge < -0.3 is 20.1 Å². The van der Waals surface area contributed by atoms with Crippen molar-refractivity contribution in [2.24, 2.45) is 0 Å². The molecule has 0 spiro atoms. The van der Waals surface area contributed by atoms with Crippen molar-refractivity contribution in [2.45, 2.75) is 25.4 Å². The molecule has 0 radical (unpaired) electrons. The van der Waals surface area contributed by atoms with Crippen molar-refractivity contribution < 1.29 is 14.3 Å². The highest BCUT2D eigenvalue weighted by atomic mass is 35.5. The molecule has 0 atom stereocenters. The third kappa shape index (κ3) is 4.18. The van der Waals surface area contributed by atoms with Crippen molar-refractivity contribution in [1.29, 1.82) is 0 Å². The molecule has 1 saturated heterocycles. The number of ether oxygens (including phenoxy) is 2. The van der Waals surface area contributed by atoms with Crippen LogP contribution in [-0.4, -0.2) is 43.8 Å². The highest BCUT2D eigenvalue weighted by Gasteiger charge is 2.23. The second-order valence-electron chi connectivity index (χ2n) is 7.15. The average molecular weight is 402 g/mol. The number of carbonyl (C=O) groups excluding carboxylic acids is 1. The van der Waals surface area contributed by atoms with Gasteiger partial charge in [-0.3, -0.25) is 9.69 Å².